The Bertz CT molecular complexity index is 443. The van der Waals surface area contributed by atoms with Gasteiger partial charge in [0.15, 0.2) is 0 Å². The van der Waals surface area contributed by atoms with Gasteiger partial charge in [-0.05, 0) is 43.0 Å². The zero-order valence-electron chi connectivity index (χ0n) is 12.2. The van der Waals surface area contributed by atoms with Crippen molar-refractivity contribution in [1.29, 1.82) is 0 Å². The molecule has 0 aliphatic heterocycles. The molecule has 0 aliphatic rings. The maximum atomic E-state index is 12.6. The van der Waals surface area contributed by atoms with Crippen LogP contribution in [0.3, 0.4) is 0 Å². The normalized spacial score (nSPS) is 14.4. The molecule has 1 unspecified atom stereocenters. The van der Waals surface area contributed by atoms with Gasteiger partial charge in [-0.15, -0.1) is 0 Å². The van der Waals surface area contributed by atoms with Gasteiger partial charge in [-0.25, -0.2) is 0 Å². The molecule has 114 valence electrons. The first-order valence-corrected chi connectivity index (χ1v) is 6.62. The van der Waals surface area contributed by atoms with Crippen molar-refractivity contribution in [2.24, 2.45) is 0 Å². The number of rotatable bonds is 5. The smallest absolute Gasteiger partial charge is 0.385 e. The molecule has 1 N–H and O–H groups in total. The molecule has 1 aromatic rings. The predicted molar refractivity (Wildman–Crippen MR) is 71.5 cm³/mol. The summed E-state index contributed by atoms with van der Waals surface area (Å²) in [5, 5.41) is 10.5. The van der Waals surface area contributed by atoms with E-state index in [1.807, 2.05) is 13.8 Å². The summed E-state index contributed by atoms with van der Waals surface area (Å²) in [7, 11) is 1.51. The van der Waals surface area contributed by atoms with Crippen molar-refractivity contribution in [2.75, 3.05) is 7.11 Å². The second-order valence-corrected chi connectivity index (χ2v) is 4.95. The van der Waals surface area contributed by atoms with Gasteiger partial charge in [0.25, 0.3) is 0 Å². The van der Waals surface area contributed by atoms with Crippen LogP contribution in [0, 0.1) is 6.92 Å². The van der Waals surface area contributed by atoms with Crippen LogP contribution in [0.25, 0.3) is 0 Å². The number of alkyl halides is 3. The lowest BCUT2D eigenvalue weighted by Crippen LogP contribution is -2.37. The number of hydrogen-bond acceptors (Lipinski definition) is 2. The van der Waals surface area contributed by atoms with E-state index in [1.165, 1.54) is 13.2 Å². The Morgan fingerprint density at radius 1 is 1.20 bits per heavy atom. The number of aliphatic hydroxyl groups is 1. The molecule has 1 atom stereocenters. The summed E-state index contributed by atoms with van der Waals surface area (Å²) in [5.74, 6) is 0. The van der Waals surface area contributed by atoms with Crippen molar-refractivity contribution in [3.63, 3.8) is 0 Å². The van der Waals surface area contributed by atoms with Crippen molar-refractivity contribution in [1.82, 2.24) is 0 Å². The van der Waals surface area contributed by atoms with Gasteiger partial charge in [-0.2, -0.15) is 13.2 Å². The summed E-state index contributed by atoms with van der Waals surface area (Å²) in [6, 6.07) is 3.39. The standard InChI is InChI=1S/C15H21F3O2/c1-5-14(6-2,20-4)13(19)12-8-7-11(9-10(12)3)15(16,17)18/h7-9,13,19H,5-6H2,1-4H3. The van der Waals surface area contributed by atoms with Crippen LogP contribution >= 0.6 is 0 Å². The van der Waals surface area contributed by atoms with Gasteiger partial charge in [0.05, 0.1) is 11.2 Å². The van der Waals surface area contributed by atoms with Gasteiger partial charge in [0.2, 0.25) is 0 Å². The third-order valence-electron chi connectivity index (χ3n) is 3.99. The van der Waals surface area contributed by atoms with Gasteiger partial charge >= 0.3 is 6.18 Å². The Kier molecular flexibility index (Phi) is 5.21. The first-order chi connectivity index (χ1) is 9.21. The highest BCUT2D eigenvalue weighted by molar-refractivity contribution is 5.35. The molecule has 1 aromatic carbocycles. The lowest BCUT2D eigenvalue weighted by atomic mass is 9.84. The number of aryl methyl sites for hydroxylation is 1. The average Bonchev–Trinajstić information content (AvgIpc) is 2.40. The van der Waals surface area contributed by atoms with Crippen LogP contribution in [0.2, 0.25) is 0 Å². The molecule has 0 spiro atoms. The molecule has 0 saturated carbocycles. The Labute approximate surface area is 117 Å². The van der Waals surface area contributed by atoms with E-state index in [4.69, 9.17) is 4.74 Å². The van der Waals surface area contributed by atoms with Crippen LogP contribution in [0.1, 0.15) is 49.5 Å². The average molecular weight is 290 g/mol. The molecular formula is C15H21F3O2. The molecule has 2 nitrogen and oxygen atoms in total. The fourth-order valence-electron chi connectivity index (χ4n) is 2.48. The summed E-state index contributed by atoms with van der Waals surface area (Å²) < 4.78 is 43.4. The van der Waals surface area contributed by atoms with Crippen LogP contribution in [-0.4, -0.2) is 17.8 Å². The molecule has 5 heteroatoms. The molecule has 0 radical (unpaired) electrons. The second kappa shape index (κ2) is 6.14. The van der Waals surface area contributed by atoms with Crippen molar-refractivity contribution >= 4 is 0 Å². The Balaban J connectivity index is 3.21. The Hall–Kier alpha value is -1.07. The topological polar surface area (TPSA) is 29.5 Å². The zero-order valence-corrected chi connectivity index (χ0v) is 12.2. The highest BCUT2D eigenvalue weighted by atomic mass is 19.4. The fourth-order valence-corrected chi connectivity index (χ4v) is 2.48. The minimum atomic E-state index is -4.37. The molecule has 0 aliphatic carbocycles. The molecule has 0 saturated heterocycles. The van der Waals surface area contributed by atoms with Crippen molar-refractivity contribution in [2.45, 2.75) is 51.5 Å². The van der Waals surface area contributed by atoms with E-state index in [0.717, 1.165) is 12.1 Å². The monoisotopic (exact) mass is 290 g/mol. The molecule has 0 amide bonds. The molecule has 20 heavy (non-hydrogen) atoms. The molecule has 0 fully saturated rings. The quantitative estimate of drug-likeness (QED) is 0.878. The molecule has 1 rings (SSSR count). The van der Waals surface area contributed by atoms with E-state index < -0.39 is 23.4 Å². The van der Waals surface area contributed by atoms with Crippen LogP contribution in [-0.2, 0) is 10.9 Å². The second-order valence-electron chi connectivity index (χ2n) is 4.95. The molecule has 0 aromatic heterocycles. The van der Waals surface area contributed by atoms with E-state index >= 15 is 0 Å². The summed E-state index contributed by atoms with van der Waals surface area (Å²) in [5.41, 5.74) is -0.592. The number of aliphatic hydroxyl groups excluding tert-OH is 1. The van der Waals surface area contributed by atoms with Crippen LogP contribution in [0.4, 0.5) is 13.2 Å². The third-order valence-corrected chi connectivity index (χ3v) is 3.99. The van der Waals surface area contributed by atoms with E-state index in [0.29, 0.717) is 24.0 Å². The lowest BCUT2D eigenvalue weighted by molar-refractivity contribution is -0.137. The molecule has 0 heterocycles. The summed E-state index contributed by atoms with van der Waals surface area (Å²) in [6.45, 7) is 5.34. The maximum absolute atomic E-state index is 12.6. The van der Waals surface area contributed by atoms with Crippen LogP contribution < -0.4 is 0 Å². The highest BCUT2D eigenvalue weighted by Crippen LogP contribution is 2.38. The largest absolute Gasteiger partial charge is 0.416 e. The fraction of sp³-hybridized carbons (Fsp3) is 0.600. The maximum Gasteiger partial charge on any atom is 0.416 e. The van der Waals surface area contributed by atoms with Crippen LogP contribution in [0.15, 0.2) is 18.2 Å². The van der Waals surface area contributed by atoms with Crippen molar-refractivity contribution in [3.8, 4) is 0 Å². The number of hydrogen-bond donors (Lipinski definition) is 1. The molecule has 0 bridgehead atoms. The SMILES string of the molecule is CCC(CC)(OC)C(O)c1ccc(C(F)(F)F)cc1C. The van der Waals surface area contributed by atoms with Crippen molar-refractivity contribution < 1.29 is 23.0 Å². The first kappa shape index (κ1) is 17.0. The van der Waals surface area contributed by atoms with E-state index in [1.54, 1.807) is 6.92 Å². The minimum absolute atomic E-state index is 0.413. The Morgan fingerprint density at radius 3 is 2.10 bits per heavy atom. The van der Waals surface area contributed by atoms with Gasteiger partial charge < -0.3 is 9.84 Å². The zero-order chi connectivity index (χ0) is 15.6. The van der Waals surface area contributed by atoms with Gasteiger partial charge in [-0.1, -0.05) is 19.9 Å². The summed E-state index contributed by atoms with van der Waals surface area (Å²) >= 11 is 0. The summed E-state index contributed by atoms with van der Waals surface area (Å²) in [6.07, 6.45) is -4.18. The third kappa shape index (κ3) is 3.15. The lowest BCUT2D eigenvalue weighted by Gasteiger charge is -2.36. The Morgan fingerprint density at radius 2 is 1.75 bits per heavy atom. The number of benzene rings is 1. The predicted octanol–water partition coefficient (Wildman–Crippen LogP) is 4.25. The van der Waals surface area contributed by atoms with E-state index in [2.05, 4.69) is 0 Å². The molecular weight excluding hydrogens is 269 g/mol. The van der Waals surface area contributed by atoms with E-state index in [-0.39, 0.29) is 0 Å². The number of methoxy groups -OCH3 is 1. The van der Waals surface area contributed by atoms with Gasteiger partial charge in [0, 0.05) is 7.11 Å². The van der Waals surface area contributed by atoms with Gasteiger partial charge in [0.1, 0.15) is 6.10 Å². The van der Waals surface area contributed by atoms with Gasteiger partial charge in [-0.3, -0.25) is 0 Å². The highest BCUT2D eigenvalue weighted by Gasteiger charge is 2.37. The minimum Gasteiger partial charge on any atom is -0.385 e. The van der Waals surface area contributed by atoms with E-state index in [9.17, 15) is 18.3 Å². The number of halogens is 3. The van der Waals surface area contributed by atoms with Crippen molar-refractivity contribution in [3.05, 3.63) is 34.9 Å². The number of ether oxygens (including phenoxy) is 1. The first-order valence-electron chi connectivity index (χ1n) is 6.62. The van der Waals surface area contributed by atoms with Crippen LogP contribution in [0.5, 0.6) is 0 Å². The summed E-state index contributed by atoms with van der Waals surface area (Å²) in [4.78, 5) is 0.